The minimum Gasteiger partial charge on any atom is -0.490 e. The van der Waals surface area contributed by atoms with Gasteiger partial charge >= 0.3 is 18.4 Å². The molecule has 0 aliphatic carbocycles. The van der Waals surface area contributed by atoms with Gasteiger partial charge in [-0.05, 0) is 48.7 Å². The summed E-state index contributed by atoms with van der Waals surface area (Å²) in [5, 5.41) is 14.8. The van der Waals surface area contributed by atoms with Gasteiger partial charge in [-0.15, -0.1) is 0 Å². The number of nitrogens with one attached hydrogen (secondary N) is 2. The molecule has 0 spiro atoms. The van der Waals surface area contributed by atoms with Gasteiger partial charge in [-0.3, -0.25) is 10.2 Å². The van der Waals surface area contributed by atoms with E-state index in [1.165, 1.54) is 12.5 Å². The summed E-state index contributed by atoms with van der Waals surface area (Å²) in [6.45, 7) is 1.52. The van der Waals surface area contributed by atoms with E-state index in [2.05, 4.69) is 20.6 Å². The number of rotatable bonds is 7. The molecule has 1 aliphatic rings. The molecule has 1 aliphatic heterocycles. The number of urea groups is 1. The quantitative estimate of drug-likeness (QED) is 0.326. The lowest BCUT2D eigenvalue weighted by molar-refractivity contribution is -0.376. The van der Waals surface area contributed by atoms with Gasteiger partial charge in [0.15, 0.2) is 0 Å². The third-order valence-electron chi connectivity index (χ3n) is 6.37. The summed E-state index contributed by atoms with van der Waals surface area (Å²) in [5.74, 6) is 0.962. The monoisotopic (exact) mass is 569 g/mol. The summed E-state index contributed by atoms with van der Waals surface area (Å²) in [5.41, 5.74) is -5.16. The van der Waals surface area contributed by atoms with Crippen molar-refractivity contribution in [1.82, 2.24) is 14.9 Å². The first-order chi connectivity index (χ1) is 18.8. The van der Waals surface area contributed by atoms with Crippen LogP contribution in [0.2, 0.25) is 0 Å². The zero-order valence-corrected chi connectivity index (χ0v) is 20.8. The molecule has 40 heavy (non-hydrogen) atoms. The second-order valence-corrected chi connectivity index (χ2v) is 9.19. The number of carbonyl (C=O) groups excluding carboxylic acids is 1. The highest BCUT2D eigenvalue weighted by Gasteiger charge is 2.71. The number of aliphatic hydroxyl groups is 1. The molecule has 3 aromatic rings. The number of benzene rings is 2. The van der Waals surface area contributed by atoms with Crippen LogP contribution in [0.3, 0.4) is 0 Å². The van der Waals surface area contributed by atoms with Crippen LogP contribution in [0, 0.1) is 0 Å². The number of amides is 2. The molecule has 0 unspecified atom stereocenters. The SMILES string of the molecule is O=C(Nc1ccc(OC2CCN(Cc3ccc(C(O)(C(F)(F)F)C(F)(F)F)cc3)CC2)cc1)Nc1ccncn1. The van der Waals surface area contributed by atoms with Gasteiger partial charge in [0.05, 0.1) is 0 Å². The van der Waals surface area contributed by atoms with Crippen molar-refractivity contribution in [2.45, 2.75) is 43.4 Å². The summed E-state index contributed by atoms with van der Waals surface area (Å²) in [4.78, 5) is 21.8. The first-order valence-electron chi connectivity index (χ1n) is 12.1. The first-order valence-corrected chi connectivity index (χ1v) is 12.1. The first kappa shape index (κ1) is 29.1. The number of piperidine rings is 1. The Balaban J connectivity index is 1.25. The van der Waals surface area contributed by atoms with E-state index in [0.29, 0.717) is 67.4 Å². The Morgan fingerprint density at radius 2 is 1.55 bits per heavy atom. The summed E-state index contributed by atoms with van der Waals surface area (Å²) >= 11 is 0. The zero-order valence-electron chi connectivity index (χ0n) is 20.8. The van der Waals surface area contributed by atoms with Crippen molar-refractivity contribution >= 4 is 17.5 Å². The van der Waals surface area contributed by atoms with Crippen LogP contribution in [0.1, 0.15) is 24.0 Å². The number of anilines is 2. The van der Waals surface area contributed by atoms with E-state index in [0.717, 1.165) is 12.1 Å². The maximum absolute atomic E-state index is 13.1. The van der Waals surface area contributed by atoms with Gasteiger partial charge in [-0.25, -0.2) is 14.8 Å². The van der Waals surface area contributed by atoms with Crippen LogP contribution in [-0.4, -0.2) is 57.6 Å². The molecule has 0 bridgehead atoms. The Morgan fingerprint density at radius 1 is 0.925 bits per heavy atom. The number of ether oxygens (including phenoxy) is 1. The Bertz CT molecular complexity index is 1250. The normalized spacial score (nSPS) is 15.5. The third-order valence-corrected chi connectivity index (χ3v) is 6.37. The summed E-state index contributed by atoms with van der Waals surface area (Å²) < 4.78 is 84.5. The van der Waals surface area contributed by atoms with Crippen molar-refractivity contribution in [3.8, 4) is 5.75 Å². The molecule has 2 amide bonds. The van der Waals surface area contributed by atoms with Crippen molar-refractivity contribution in [3.05, 3.63) is 78.2 Å². The fraction of sp³-hybridized carbons (Fsp3) is 0.346. The van der Waals surface area contributed by atoms with Gasteiger partial charge in [-0.2, -0.15) is 26.3 Å². The van der Waals surface area contributed by atoms with Crippen molar-refractivity contribution in [2.24, 2.45) is 0 Å². The average Bonchev–Trinajstić information content (AvgIpc) is 2.90. The molecule has 2 aromatic carbocycles. The number of hydrogen-bond donors (Lipinski definition) is 3. The lowest BCUT2D eigenvalue weighted by atomic mass is 9.91. The molecule has 1 aromatic heterocycles. The summed E-state index contributed by atoms with van der Waals surface area (Å²) in [6.07, 6.45) is -7.81. The standard InChI is InChI=1S/C26H25F6N5O3/c27-25(28,29)24(39,26(30,31)32)18-3-1-17(2-4-18)15-37-13-10-21(11-14-37)40-20-7-5-19(6-8-20)35-23(38)36-22-9-12-33-16-34-22/h1-9,12,16,21,39H,10-11,13-15H2,(H2,33,34,35,36,38). The number of aromatic nitrogens is 2. The Labute approximate surface area is 225 Å². The van der Waals surface area contributed by atoms with E-state index < -0.39 is 29.5 Å². The molecule has 1 fully saturated rings. The number of carbonyl (C=O) groups is 1. The molecule has 14 heteroatoms. The lowest BCUT2D eigenvalue weighted by Crippen LogP contribution is -2.53. The molecule has 0 radical (unpaired) electrons. The second kappa shape index (κ2) is 11.7. The van der Waals surface area contributed by atoms with Crippen molar-refractivity contribution in [3.63, 3.8) is 0 Å². The van der Waals surface area contributed by atoms with Crippen LogP contribution in [-0.2, 0) is 12.1 Å². The van der Waals surface area contributed by atoms with Gasteiger partial charge < -0.3 is 15.2 Å². The molecule has 0 atom stereocenters. The summed E-state index contributed by atoms with van der Waals surface area (Å²) in [7, 11) is 0. The van der Waals surface area contributed by atoms with E-state index >= 15 is 0 Å². The van der Waals surface area contributed by atoms with Crippen LogP contribution in [0.4, 0.5) is 42.6 Å². The Morgan fingerprint density at radius 3 is 2.10 bits per heavy atom. The molecule has 0 saturated carbocycles. The maximum atomic E-state index is 13.1. The fourth-order valence-corrected chi connectivity index (χ4v) is 4.24. The van der Waals surface area contributed by atoms with Crippen LogP contribution in [0.25, 0.3) is 0 Å². The zero-order chi connectivity index (χ0) is 29.0. The fourth-order valence-electron chi connectivity index (χ4n) is 4.24. The maximum Gasteiger partial charge on any atom is 0.430 e. The van der Waals surface area contributed by atoms with E-state index in [4.69, 9.17) is 4.74 Å². The van der Waals surface area contributed by atoms with Crippen molar-refractivity contribution in [1.29, 1.82) is 0 Å². The minimum atomic E-state index is -5.92. The number of halogens is 6. The number of alkyl halides is 6. The predicted molar refractivity (Wildman–Crippen MR) is 132 cm³/mol. The van der Waals surface area contributed by atoms with Crippen LogP contribution in [0.15, 0.2) is 67.1 Å². The molecule has 4 rings (SSSR count). The van der Waals surface area contributed by atoms with Gasteiger partial charge in [-0.1, -0.05) is 24.3 Å². The minimum absolute atomic E-state index is 0.0907. The molecule has 3 N–H and O–H groups in total. The number of nitrogens with zero attached hydrogens (tertiary/aromatic N) is 3. The van der Waals surface area contributed by atoms with Gasteiger partial charge in [0, 0.05) is 37.1 Å². The van der Waals surface area contributed by atoms with E-state index in [-0.39, 0.29) is 6.10 Å². The third kappa shape index (κ3) is 6.80. The van der Waals surface area contributed by atoms with E-state index in [1.807, 2.05) is 4.90 Å². The highest BCUT2D eigenvalue weighted by molar-refractivity contribution is 5.99. The molecule has 2 heterocycles. The Kier molecular flexibility index (Phi) is 8.49. The average molecular weight is 570 g/mol. The molecular formula is C26H25F6N5O3. The molecule has 1 saturated heterocycles. The van der Waals surface area contributed by atoms with E-state index in [9.17, 15) is 36.2 Å². The van der Waals surface area contributed by atoms with Crippen LogP contribution in [0.5, 0.6) is 5.75 Å². The topological polar surface area (TPSA) is 99.6 Å². The van der Waals surface area contributed by atoms with Gasteiger partial charge in [0.2, 0.25) is 0 Å². The highest BCUT2D eigenvalue weighted by Crippen LogP contribution is 2.50. The highest BCUT2D eigenvalue weighted by atomic mass is 19.4. The molecular weight excluding hydrogens is 544 g/mol. The van der Waals surface area contributed by atoms with Gasteiger partial charge in [0.25, 0.3) is 5.60 Å². The molecule has 214 valence electrons. The van der Waals surface area contributed by atoms with Crippen LogP contribution < -0.4 is 15.4 Å². The summed E-state index contributed by atoms with van der Waals surface area (Å²) in [6, 6.07) is 11.5. The number of hydrogen-bond acceptors (Lipinski definition) is 6. The van der Waals surface area contributed by atoms with Crippen molar-refractivity contribution in [2.75, 3.05) is 23.7 Å². The number of likely N-dealkylation sites (tertiary alicyclic amines) is 1. The Hall–Kier alpha value is -3.91. The molecule has 8 nitrogen and oxygen atoms in total. The van der Waals surface area contributed by atoms with Crippen LogP contribution >= 0.6 is 0 Å². The lowest BCUT2D eigenvalue weighted by Gasteiger charge is -2.33. The predicted octanol–water partition coefficient (Wildman–Crippen LogP) is 5.48. The largest absolute Gasteiger partial charge is 0.490 e. The van der Waals surface area contributed by atoms with Gasteiger partial charge in [0.1, 0.15) is 24.0 Å². The van der Waals surface area contributed by atoms with E-state index in [1.54, 1.807) is 30.3 Å². The smallest absolute Gasteiger partial charge is 0.430 e. The van der Waals surface area contributed by atoms with Crippen molar-refractivity contribution < 1.29 is 41.0 Å². The second-order valence-electron chi connectivity index (χ2n) is 9.19.